The fourth-order valence-electron chi connectivity index (χ4n) is 3.37. The first-order chi connectivity index (χ1) is 17.2. The van der Waals surface area contributed by atoms with Crippen molar-refractivity contribution >= 4 is 35.4 Å². The average Bonchev–Trinajstić information content (AvgIpc) is 2.82. The van der Waals surface area contributed by atoms with E-state index in [0.717, 1.165) is 25.7 Å². The number of carboxylic acids is 2. The Bertz CT molecular complexity index is 827. The van der Waals surface area contributed by atoms with Crippen LogP contribution in [0.5, 0.6) is 0 Å². The number of nitrogens with two attached hydrogens (primary N) is 3. The quantitative estimate of drug-likeness (QED) is 0.0809. The van der Waals surface area contributed by atoms with Gasteiger partial charge in [0.1, 0.15) is 12.1 Å². The van der Waals surface area contributed by atoms with Gasteiger partial charge in [-0.2, -0.15) is 0 Å². The number of aliphatic carboxylic acids is 2. The molecule has 4 atom stereocenters. The van der Waals surface area contributed by atoms with Gasteiger partial charge < -0.3 is 38.0 Å². The Hall–Kier alpha value is -3.06. The fraction of sp³-hybridized carbons (Fsp3) is 0.739. The summed E-state index contributed by atoms with van der Waals surface area (Å²) >= 11 is 0. The van der Waals surface area contributed by atoms with Crippen molar-refractivity contribution in [2.45, 2.75) is 108 Å². The number of primary amides is 1. The van der Waals surface area contributed by atoms with E-state index in [4.69, 9.17) is 18.6 Å². The number of carbonyl (C=O) groups is 6. The minimum absolute atomic E-state index is 0.00998. The molecule has 0 saturated heterocycles. The Labute approximate surface area is 212 Å². The molecular weight excluding hydrogens is 474 g/mol. The van der Waals surface area contributed by atoms with Gasteiger partial charge in [0.05, 0.1) is 6.04 Å². The van der Waals surface area contributed by atoms with Gasteiger partial charge in [-0.05, 0) is 39.0 Å². The van der Waals surface area contributed by atoms with Gasteiger partial charge in [-0.3, -0.25) is 19.2 Å². The van der Waals surface area contributed by atoms with Crippen LogP contribution in [-0.4, -0.2) is 69.3 Å². The zero-order valence-corrected chi connectivity index (χ0v) is 21.0. The molecule has 0 aliphatic rings. The maximum Gasteiger partial charge on any atom is 0.331 e. The number of hydrogen-bond donors (Lipinski definition) is 7. The van der Waals surface area contributed by atoms with Crippen LogP contribution < -0.4 is 27.8 Å². The first-order valence-electron chi connectivity index (χ1n) is 12.6. The van der Waals surface area contributed by atoms with E-state index in [-0.39, 0.29) is 31.0 Å². The van der Waals surface area contributed by atoms with E-state index in [1.165, 1.54) is 6.92 Å². The van der Waals surface area contributed by atoms with Crippen LogP contribution >= 0.6 is 0 Å². The maximum absolute atomic E-state index is 12.6. The van der Waals surface area contributed by atoms with Gasteiger partial charge in [0.15, 0.2) is 12.7 Å². The summed E-state index contributed by atoms with van der Waals surface area (Å²) in [6, 6.07) is -4.01. The van der Waals surface area contributed by atoms with Crippen LogP contribution in [0, 0.1) is 0 Å². The van der Waals surface area contributed by atoms with E-state index in [2.05, 4.69) is 12.2 Å². The maximum atomic E-state index is 12.6. The molecule has 0 heterocycles. The van der Waals surface area contributed by atoms with Crippen molar-refractivity contribution in [2.75, 3.05) is 0 Å². The van der Waals surface area contributed by atoms with Crippen LogP contribution in [0.2, 0.25) is 1.41 Å². The third kappa shape index (κ3) is 12.1. The Morgan fingerprint density at radius 3 is 2.11 bits per heavy atom. The SMILES string of the molecule is [2H]N(C(=O)[C@H](C)NC(=O)CCCCCCC)[C@H](CCC(=O)C(N)(CCCC(N)C(N)=O)C(=O)O)C(=O)O. The third-order valence-corrected chi connectivity index (χ3v) is 5.80. The van der Waals surface area contributed by atoms with Gasteiger partial charge in [-0.1, -0.05) is 32.6 Å². The van der Waals surface area contributed by atoms with Gasteiger partial charge in [0.2, 0.25) is 17.7 Å². The summed E-state index contributed by atoms with van der Waals surface area (Å²) in [5, 5.41) is 21.6. The van der Waals surface area contributed by atoms with E-state index in [9.17, 15) is 39.0 Å². The number of ketones is 1. The molecule has 0 aliphatic heterocycles. The lowest BCUT2D eigenvalue weighted by atomic mass is 9.85. The summed E-state index contributed by atoms with van der Waals surface area (Å²) < 4.78 is 7.97. The molecule has 0 aromatic heterocycles. The molecule has 2 unspecified atom stereocenters. The topological polar surface area (TPSA) is 245 Å². The van der Waals surface area contributed by atoms with Crippen molar-refractivity contribution in [1.29, 1.82) is 0 Å². The lowest BCUT2D eigenvalue weighted by molar-refractivity contribution is -0.149. The minimum atomic E-state index is -2.38. The van der Waals surface area contributed by atoms with Crippen molar-refractivity contribution in [3.8, 4) is 0 Å². The second kappa shape index (κ2) is 16.6. The summed E-state index contributed by atoms with van der Waals surface area (Å²) in [5.41, 5.74) is 13.9. The molecule has 0 spiro atoms. The molecule has 0 aromatic rings. The van der Waals surface area contributed by atoms with E-state index in [1.807, 2.05) is 0 Å². The highest BCUT2D eigenvalue weighted by Gasteiger charge is 2.41. The van der Waals surface area contributed by atoms with Crippen LogP contribution in [0.1, 0.15) is 84.5 Å². The largest absolute Gasteiger partial charge is 0.480 e. The van der Waals surface area contributed by atoms with Crippen LogP contribution in [0.15, 0.2) is 0 Å². The highest BCUT2D eigenvalue weighted by atomic mass is 16.4. The summed E-state index contributed by atoms with van der Waals surface area (Å²) in [6.45, 7) is 3.38. The van der Waals surface area contributed by atoms with Gasteiger partial charge in [0.25, 0.3) is 0 Å². The van der Waals surface area contributed by atoms with Gasteiger partial charge in [0, 0.05) is 12.8 Å². The number of Topliss-reactive ketones (excluding diaryl/α,β-unsaturated/α-hetero) is 1. The molecule has 3 amide bonds. The monoisotopic (exact) mass is 516 g/mol. The number of rotatable bonds is 20. The van der Waals surface area contributed by atoms with Crippen molar-refractivity contribution in [3.63, 3.8) is 0 Å². The summed E-state index contributed by atoms with van der Waals surface area (Å²) in [4.78, 5) is 71.7. The minimum Gasteiger partial charge on any atom is -0.480 e. The van der Waals surface area contributed by atoms with Crippen molar-refractivity contribution < 1.29 is 40.4 Å². The number of amides is 3. The molecule has 13 nitrogen and oxygen atoms in total. The molecule has 0 aromatic carbocycles. The number of hydrogen-bond acceptors (Lipinski definition) is 8. The Balaban J connectivity index is 5.06. The normalized spacial score (nSPS) is 15.5. The van der Waals surface area contributed by atoms with E-state index in [0.29, 0.717) is 6.42 Å². The molecule has 0 rings (SSSR count). The number of carboxylic acid groups (broad SMARTS) is 2. The molecule has 10 N–H and O–H groups in total. The van der Waals surface area contributed by atoms with Crippen molar-refractivity contribution in [1.82, 2.24) is 10.6 Å². The van der Waals surface area contributed by atoms with Gasteiger partial charge >= 0.3 is 11.9 Å². The van der Waals surface area contributed by atoms with Crippen LogP contribution in [0.4, 0.5) is 0 Å². The van der Waals surface area contributed by atoms with E-state index < -0.39 is 71.9 Å². The fourth-order valence-corrected chi connectivity index (χ4v) is 3.37. The Morgan fingerprint density at radius 2 is 1.58 bits per heavy atom. The number of carbonyl (C=O) groups excluding carboxylic acids is 4. The molecule has 0 radical (unpaired) electrons. The molecule has 0 aliphatic carbocycles. The van der Waals surface area contributed by atoms with E-state index >= 15 is 0 Å². The van der Waals surface area contributed by atoms with Gasteiger partial charge in [-0.15, -0.1) is 0 Å². The lowest BCUT2D eigenvalue weighted by Crippen LogP contribution is -2.56. The highest BCUT2D eigenvalue weighted by Crippen LogP contribution is 2.18. The highest BCUT2D eigenvalue weighted by molar-refractivity contribution is 6.07. The molecule has 0 bridgehead atoms. The number of nitrogens with one attached hydrogen (secondary N) is 2. The average molecular weight is 517 g/mol. The number of unbranched alkanes of at least 4 members (excludes halogenated alkanes) is 4. The van der Waals surface area contributed by atoms with E-state index in [1.54, 1.807) is 0 Å². The first kappa shape index (κ1) is 31.0. The molecular formula is C23H41N5O8. The Kier molecular flexibility index (Phi) is 14.3. The predicted molar refractivity (Wildman–Crippen MR) is 130 cm³/mol. The van der Waals surface area contributed by atoms with Gasteiger partial charge in [-0.25, -0.2) is 9.59 Å². The molecule has 206 valence electrons. The summed E-state index contributed by atoms with van der Waals surface area (Å²) in [5.74, 6) is -6.46. The molecule has 0 fully saturated rings. The standard InChI is InChI=1S/C23H41N5O8/c1-3-4-5-6-7-10-18(30)27-14(2)20(32)28-16(21(33)34)11-12-17(29)23(26,22(35)36)13-8-9-15(24)19(25)31/h14-16H,3-13,24,26H2,1-2H3,(H2,25,31)(H,27,30)(H,28,32)(H,33,34)(H,35,36)/t14-,15?,16+,23?/m0/s1/i/hD. The van der Waals surface area contributed by atoms with Crippen LogP contribution in [0.25, 0.3) is 0 Å². The molecule has 36 heavy (non-hydrogen) atoms. The van der Waals surface area contributed by atoms with Crippen molar-refractivity contribution in [3.05, 3.63) is 0 Å². The third-order valence-electron chi connectivity index (χ3n) is 5.80. The first-order valence-corrected chi connectivity index (χ1v) is 12.1. The summed E-state index contributed by atoms with van der Waals surface area (Å²) in [6.07, 6.45) is 3.16. The Morgan fingerprint density at radius 1 is 0.972 bits per heavy atom. The zero-order chi connectivity index (χ0) is 28.8. The molecule has 0 saturated carbocycles. The van der Waals surface area contributed by atoms with Crippen molar-refractivity contribution in [2.24, 2.45) is 17.2 Å². The van der Waals surface area contributed by atoms with Crippen LogP contribution in [0.3, 0.4) is 0 Å². The van der Waals surface area contributed by atoms with Crippen LogP contribution in [-0.2, 0) is 28.8 Å². The summed E-state index contributed by atoms with van der Waals surface area (Å²) in [7, 11) is 0. The second-order valence-corrected chi connectivity index (χ2v) is 8.91. The second-order valence-electron chi connectivity index (χ2n) is 8.91. The lowest BCUT2D eigenvalue weighted by Gasteiger charge is -2.25. The molecule has 13 heteroatoms. The smallest absolute Gasteiger partial charge is 0.331 e. The zero-order valence-electron chi connectivity index (χ0n) is 22.0. The predicted octanol–water partition coefficient (Wildman–Crippen LogP) is -0.465.